The van der Waals surface area contributed by atoms with E-state index >= 15 is 0 Å². The lowest BCUT2D eigenvalue weighted by Gasteiger charge is -1.88. The summed E-state index contributed by atoms with van der Waals surface area (Å²) in [6, 6.07) is 0. The molecule has 0 bridgehead atoms. The van der Waals surface area contributed by atoms with E-state index in [2.05, 4.69) is 15.3 Å². The van der Waals surface area contributed by atoms with Crippen LogP contribution in [-0.2, 0) is 0 Å². The van der Waals surface area contributed by atoms with Crippen LogP contribution in [0.4, 0.5) is 0 Å². The van der Waals surface area contributed by atoms with Crippen molar-refractivity contribution in [3.8, 4) is 0 Å². The minimum absolute atomic E-state index is 0.907. The van der Waals surface area contributed by atoms with E-state index in [4.69, 9.17) is 5.73 Å². The summed E-state index contributed by atoms with van der Waals surface area (Å²) in [4.78, 5) is 0. The lowest BCUT2D eigenvalue weighted by Crippen LogP contribution is -1.89. The third-order valence-corrected chi connectivity index (χ3v) is 1.58. The van der Waals surface area contributed by atoms with Gasteiger partial charge in [0.25, 0.3) is 0 Å². The minimum atomic E-state index is 0.907. The molecule has 0 aromatic heterocycles. The maximum absolute atomic E-state index is 5.45. The fourth-order valence-electron chi connectivity index (χ4n) is 0.538. The monoisotopic (exact) mass is 113 g/mol. The van der Waals surface area contributed by atoms with E-state index < -0.39 is 0 Å². The number of allylic oxidation sites excluding steroid dienone is 3. The van der Waals surface area contributed by atoms with Gasteiger partial charge in [0.1, 0.15) is 0 Å². The largest absolute Gasteiger partial charge is 0.398 e. The second-order valence-electron chi connectivity index (χ2n) is 1.59. The zero-order valence-electron chi connectivity index (χ0n) is 4.02. The fourth-order valence-corrected chi connectivity index (χ4v) is 0.770. The van der Waals surface area contributed by atoms with E-state index in [0.717, 1.165) is 12.1 Å². The summed E-state index contributed by atoms with van der Waals surface area (Å²) in [5.41, 5.74) is 6.36. The van der Waals surface area contributed by atoms with Gasteiger partial charge in [-0.25, -0.2) is 0 Å². The molecule has 1 atom stereocenters. The molecule has 0 aromatic carbocycles. The van der Waals surface area contributed by atoms with Crippen LogP contribution in [0.3, 0.4) is 0 Å². The Morgan fingerprint density at radius 1 is 1.71 bits per heavy atom. The molecule has 0 aromatic rings. The lowest BCUT2D eigenvalue weighted by atomic mass is 10.5. The van der Waals surface area contributed by atoms with Gasteiger partial charge in [0.15, 0.2) is 0 Å². The molecule has 1 aliphatic rings. The molecule has 0 aliphatic heterocycles. The van der Waals surface area contributed by atoms with E-state index in [9.17, 15) is 0 Å². The van der Waals surface area contributed by atoms with Crippen LogP contribution in [0, 0.1) is 0 Å². The molecule has 0 amide bonds. The summed E-state index contributed by atoms with van der Waals surface area (Å²) >= 11 is 0. The quantitative estimate of drug-likeness (QED) is 0.466. The van der Waals surface area contributed by atoms with Crippen molar-refractivity contribution in [2.24, 2.45) is 5.73 Å². The maximum atomic E-state index is 5.45. The van der Waals surface area contributed by atoms with Crippen LogP contribution in [-0.4, -0.2) is 0 Å². The van der Waals surface area contributed by atoms with Gasteiger partial charge in [-0.15, -0.1) is 9.24 Å². The van der Waals surface area contributed by atoms with Gasteiger partial charge in [-0.05, 0) is 17.8 Å². The first-order valence-electron chi connectivity index (χ1n) is 2.21. The highest BCUT2D eigenvalue weighted by Crippen LogP contribution is 2.20. The van der Waals surface area contributed by atoms with Crippen molar-refractivity contribution in [2.75, 3.05) is 0 Å². The van der Waals surface area contributed by atoms with Crippen LogP contribution < -0.4 is 5.73 Å². The first kappa shape index (κ1) is 4.86. The molecule has 0 saturated heterocycles. The van der Waals surface area contributed by atoms with Crippen molar-refractivity contribution < 1.29 is 0 Å². The van der Waals surface area contributed by atoms with Crippen molar-refractivity contribution >= 4 is 9.24 Å². The van der Waals surface area contributed by atoms with E-state index in [1.54, 1.807) is 0 Å². The predicted molar refractivity (Wildman–Crippen MR) is 34.7 cm³/mol. The third kappa shape index (κ3) is 0.834. The van der Waals surface area contributed by atoms with Crippen LogP contribution in [0.25, 0.3) is 0 Å². The Balaban J connectivity index is 2.79. The average molecular weight is 113 g/mol. The molecule has 0 radical (unpaired) electrons. The van der Waals surface area contributed by atoms with Gasteiger partial charge in [-0.3, -0.25) is 0 Å². The van der Waals surface area contributed by atoms with E-state index in [1.165, 1.54) is 5.31 Å². The van der Waals surface area contributed by atoms with Crippen LogP contribution in [0.15, 0.2) is 23.2 Å². The van der Waals surface area contributed by atoms with Gasteiger partial charge < -0.3 is 5.73 Å². The summed E-state index contributed by atoms with van der Waals surface area (Å²) in [6.45, 7) is 0. The molecule has 1 nitrogen and oxygen atoms in total. The Bertz CT molecular complexity index is 135. The van der Waals surface area contributed by atoms with E-state index in [1.807, 2.05) is 6.08 Å². The Morgan fingerprint density at radius 2 is 2.43 bits per heavy atom. The molecule has 0 heterocycles. The minimum Gasteiger partial charge on any atom is -0.398 e. The van der Waals surface area contributed by atoms with Gasteiger partial charge in [-0.2, -0.15) is 0 Å². The SMILES string of the molecule is NC1=C(P)CC=C1. The lowest BCUT2D eigenvalue weighted by molar-refractivity contribution is 1.36. The second kappa shape index (κ2) is 1.67. The molecule has 1 unspecified atom stereocenters. The van der Waals surface area contributed by atoms with Gasteiger partial charge in [-0.1, -0.05) is 6.08 Å². The van der Waals surface area contributed by atoms with Crippen molar-refractivity contribution in [3.63, 3.8) is 0 Å². The van der Waals surface area contributed by atoms with Crippen LogP contribution in [0.5, 0.6) is 0 Å². The Hall–Kier alpha value is -0.290. The van der Waals surface area contributed by atoms with Gasteiger partial charge in [0.2, 0.25) is 0 Å². The molecule has 2 N–H and O–H groups in total. The highest BCUT2D eigenvalue weighted by molar-refractivity contribution is 7.22. The summed E-state index contributed by atoms with van der Waals surface area (Å²) in [7, 11) is 2.60. The molecular formula is C5H8NP. The van der Waals surface area contributed by atoms with E-state index in [-0.39, 0.29) is 0 Å². The van der Waals surface area contributed by atoms with Crippen LogP contribution >= 0.6 is 9.24 Å². The molecule has 0 spiro atoms. The Kier molecular flexibility index (Phi) is 1.16. The van der Waals surface area contributed by atoms with Crippen LogP contribution in [0.1, 0.15) is 6.42 Å². The van der Waals surface area contributed by atoms with Crippen molar-refractivity contribution in [3.05, 3.63) is 23.2 Å². The first-order valence-corrected chi connectivity index (χ1v) is 2.79. The summed E-state index contributed by atoms with van der Waals surface area (Å²) in [5.74, 6) is 0. The number of hydrogen-bond donors (Lipinski definition) is 1. The molecule has 7 heavy (non-hydrogen) atoms. The van der Waals surface area contributed by atoms with Gasteiger partial charge in [0.05, 0.1) is 0 Å². The number of nitrogens with two attached hydrogens (primary N) is 1. The Morgan fingerprint density at radius 3 is 2.57 bits per heavy atom. The first-order chi connectivity index (χ1) is 3.30. The number of hydrogen-bond acceptors (Lipinski definition) is 1. The molecule has 2 heteroatoms. The fraction of sp³-hybridized carbons (Fsp3) is 0.200. The van der Waals surface area contributed by atoms with Gasteiger partial charge in [0, 0.05) is 5.70 Å². The molecule has 1 rings (SSSR count). The standard InChI is InChI=1S/C5H8NP/c6-4-2-1-3-5(4)7/h1-2H,3,6-7H2. The number of rotatable bonds is 0. The second-order valence-corrected chi connectivity index (χ2v) is 2.28. The maximum Gasteiger partial charge on any atom is 0.0346 e. The zero-order valence-corrected chi connectivity index (χ0v) is 5.17. The molecule has 1 aliphatic carbocycles. The summed E-state index contributed by atoms with van der Waals surface area (Å²) in [6.07, 6.45) is 5.00. The third-order valence-electron chi connectivity index (χ3n) is 1.01. The molecule has 38 valence electrons. The topological polar surface area (TPSA) is 26.0 Å². The zero-order chi connectivity index (χ0) is 5.28. The predicted octanol–water partition coefficient (Wildman–Crippen LogP) is 0.992. The highest BCUT2D eigenvalue weighted by atomic mass is 31.0. The smallest absolute Gasteiger partial charge is 0.0346 e. The summed E-state index contributed by atoms with van der Waals surface area (Å²) in [5, 5.41) is 1.21. The van der Waals surface area contributed by atoms with Gasteiger partial charge >= 0.3 is 0 Å². The average Bonchev–Trinajstić information content (AvgIpc) is 1.91. The van der Waals surface area contributed by atoms with Crippen molar-refractivity contribution in [2.45, 2.75) is 6.42 Å². The summed E-state index contributed by atoms with van der Waals surface area (Å²) < 4.78 is 0. The van der Waals surface area contributed by atoms with E-state index in [0.29, 0.717) is 0 Å². The Labute approximate surface area is 45.5 Å². The van der Waals surface area contributed by atoms with Crippen molar-refractivity contribution in [1.82, 2.24) is 0 Å². The molecular weight excluding hydrogens is 105 g/mol. The van der Waals surface area contributed by atoms with Crippen LogP contribution in [0.2, 0.25) is 0 Å². The van der Waals surface area contributed by atoms with Crippen molar-refractivity contribution in [1.29, 1.82) is 0 Å². The molecule has 0 saturated carbocycles. The normalized spacial score (nSPS) is 19.0. The highest BCUT2D eigenvalue weighted by Gasteiger charge is 1.96. The molecule has 0 fully saturated rings.